The predicted molar refractivity (Wildman–Crippen MR) is 115 cm³/mol. The molecule has 0 radical (unpaired) electrons. The van der Waals surface area contributed by atoms with Gasteiger partial charge in [-0.1, -0.05) is 32.0 Å². The third kappa shape index (κ3) is 9.11. The predicted octanol–water partition coefficient (Wildman–Crippen LogP) is 2.40. The molecule has 0 aromatic heterocycles. The normalized spacial score (nSPS) is 18.5. The molecule has 1 heterocycles. The minimum absolute atomic E-state index is 0.188. The second-order valence-electron chi connectivity index (χ2n) is 7.44. The van der Waals surface area contributed by atoms with Crippen LogP contribution in [0.2, 0.25) is 0 Å². The van der Waals surface area contributed by atoms with E-state index >= 15 is 0 Å². The van der Waals surface area contributed by atoms with Crippen LogP contribution in [0.1, 0.15) is 27.2 Å². The smallest absolute Gasteiger partial charge is 0.191 e. The average Bonchev–Trinajstić information content (AvgIpc) is 2.66. The highest BCUT2D eigenvalue weighted by atomic mass is 16.5. The van der Waals surface area contributed by atoms with E-state index in [2.05, 4.69) is 53.8 Å². The number of hydrogen-bond donors (Lipinski definition) is 3. The van der Waals surface area contributed by atoms with Gasteiger partial charge in [0.15, 0.2) is 5.96 Å². The van der Waals surface area contributed by atoms with E-state index in [0.29, 0.717) is 12.5 Å². The molecule has 1 aliphatic rings. The minimum atomic E-state index is 0.188. The number of benzene rings is 1. The van der Waals surface area contributed by atoms with Gasteiger partial charge in [0.2, 0.25) is 0 Å². The van der Waals surface area contributed by atoms with E-state index in [-0.39, 0.29) is 6.10 Å². The Morgan fingerprint density at radius 2 is 2.04 bits per heavy atom. The van der Waals surface area contributed by atoms with Crippen LogP contribution in [0.4, 0.5) is 5.69 Å². The quantitative estimate of drug-likeness (QED) is 0.333. The molecule has 0 spiro atoms. The van der Waals surface area contributed by atoms with Crippen molar-refractivity contribution in [1.29, 1.82) is 0 Å². The maximum atomic E-state index is 5.90. The highest BCUT2D eigenvalue weighted by molar-refractivity contribution is 5.79. The fourth-order valence-electron chi connectivity index (χ4n) is 3.19. The van der Waals surface area contributed by atoms with E-state index in [1.807, 2.05) is 18.2 Å². The number of anilines is 1. The second-order valence-corrected chi connectivity index (χ2v) is 7.44. The van der Waals surface area contributed by atoms with Gasteiger partial charge in [0.25, 0.3) is 0 Å². The Labute approximate surface area is 164 Å². The number of guanidine groups is 1. The molecule has 0 bridgehead atoms. The van der Waals surface area contributed by atoms with Crippen molar-refractivity contribution in [2.75, 3.05) is 57.7 Å². The summed E-state index contributed by atoms with van der Waals surface area (Å²) in [6.45, 7) is 14.0. The van der Waals surface area contributed by atoms with E-state index in [1.54, 1.807) is 0 Å². The summed E-state index contributed by atoms with van der Waals surface area (Å²) in [7, 11) is 0. The monoisotopic (exact) mass is 375 g/mol. The highest BCUT2D eigenvalue weighted by Crippen LogP contribution is 2.08. The molecule has 1 unspecified atom stereocenters. The first-order valence-electron chi connectivity index (χ1n) is 10.3. The van der Waals surface area contributed by atoms with Crippen LogP contribution in [0.25, 0.3) is 0 Å². The molecule has 152 valence electrons. The molecule has 2 rings (SSSR count). The fourth-order valence-corrected chi connectivity index (χ4v) is 3.19. The summed E-state index contributed by atoms with van der Waals surface area (Å²) in [5, 5.41) is 10.2. The summed E-state index contributed by atoms with van der Waals surface area (Å²) in [4.78, 5) is 7.22. The number of ether oxygens (including phenoxy) is 1. The Kier molecular flexibility index (Phi) is 10.0. The first kappa shape index (κ1) is 21.5. The molecule has 3 N–H and O–H groups in total. The van der Waals surface area contributed by atoms with Gasteiger partial charge < -0.3 is 20.7 Å². The zero-order chi connectivity index (χ0) is 19.3. The van der Waals surface area contributed by atoms with Crippen LogP contribution in [0.5, 0.6) is 0 Å². The van der Waals surface area contributed by atoms with Crippen molar-refractivity contribution in [3.05, 3.63) is 30.3 Å². The van der Waals surface area contributed by atoms with E-state index in [4.69, 9.17) is 9.73 Å². The molecule has 1 aromatic rings. The second kappa shape index (κ2) is 12.6. The molecule has 1 aromatic carbocycles. The molecular formula is C21H37N5O. The van der Waals surface area contributed by atoms with Crippen molar-refractivity contribution in [2.45, 2.75) is 33.3 Å². The topological polar surface area (TPSA) is 60.9 Å². The summed E-state index contributed by atoms with van der Waals surface area (Å²) < 4.78 is 5.90. The molecule has 27 heavy (non-hydrogen) atoms. The summed E-state index contributed by atoms with van der Waals surface area (Å²) >= 11 is 0. The van der Waals surface area contributed by atoms with E-state index in [0.717, 1.165) is 58.3 Å². The Morgan fingerprint density at radius 1 is 1.22 bits per heavy atom. The first-order valence-corrected chi connectivity index (χ1v) is 10.3. The third-order valence-electron chi connectivity index (χ3n) is 4.39. The number of nitrogens with zero attached hydrogens (tertiary/aromatic N) is 2. The molecule has 1 aliphatic heterocycles. The van der Waals surface area contributed by atoms with Crippen molar-refractivity contribution in [3.8, 4) is 0 Å². The SMILES string of the molecule is CCNC(=NCC1CN(CC(C)C)CCO1)NCCCNc1ccccc1. The standard InChI is InChI=1S/C21H37N5O/c1-4-22-21(24-12-8-11-23-19-9-6-5-7-10-19)25-15-20-17-26(13-14-27-20)16-18(2)3/h5-7,9-10,18,20,23H,4,8,11-17H2,1-3H3,(H2,22,24,25). The maximum Gasteiger partial charge on any atom is 0.191 e. The molecule has 0 saturated carbocycles. The van der Waals surface area contributed by atoms with E-state index < -0.39 is 0 Å². The van der Waals surface area contributed by atoms with Gasteiger partial charge in [-0.2, -0.15) is 0 Å². The number of para-hydroxylation sites is 1. The van der Waals surface area contributed by atoms with Crippen LogP contribution in [0.3, 0.4) is 0 Å². The molecule has 6 nitrogen and oxygen atoms in total. The lowest BCUT2D eigenvalue weighted by Gasteiger charge is -2.33. The molecule has 1 atom stereocenters. The van der Waals surface area contributed by atoms with Crippen LogP contribution in [-0.2, 0) is 4.74 Å². The number of nitrogens with one attached hydrogen (secondary N) is 3. The van der Waals surface area contributed by atoms with Gasteiger partial charge >= 0.3 is 0 Å². The Bertz CT molecular complexity index is 535. The van der Waals surface area contributed by atoms with Gasteiger partial charge in [-0.05, 0) is 31.4 Å². The van der Waals surface area contributed by atoms with Crippen LogP contribution in [0, 0.1) is 5.92 Å². The lowest BCUT2D eigenvalue weighted by molar-refractivity contribution is -0.0261. The minimum Gasteiger partial charge on any atom is -0.385 e. The molecule has 1 saturated heterocycles. The third-order valence-corrected chi connectivity index (χ3v) is 4.39. The number of aliphatic imine (C=N–C) groups is 1. The number of morpholine rings is 1. The van der Waals surface area contributed by atoms with Crippen LogP contribution in [-0.4, -0.2) is 69.4 Å². The fraction of sp³-hybridized carbons (Fsp3) is 0.667. The highest BCUT2D eigenvalue weighted by Gasteiger charge is 2.20. The van der Waals surface area contributed by atoms with Crippen molar-refractivity contribution in [2.24, 2.45) is 10.9 Å². The maximum absolute atomic E-state index is 5.90. The van der Waals surface area contributed by atoms with Crippen LogP contribution < -0.4 is 16.0 Å². The lowest BCUT2D eigenvalue weighted by atomic mass is 10.2. The van der Waals surface area contributed by atoms with Crippen molar-refractivity contribution in [1.82, 2.24) is 15.5 Å². The molecule has 1 fully saturated rings. The van der Waals surface area contributed by atoms with Crippen molar-refractivity contribution >= 4 is 11.6 Å². The Morgan fingerprint density at radius 3 is 2.78 bits per heavy atom. The molecule has 0 aliphatic carbocycles. The largest absolute Gasteiger partial charge is 0.385 e. The van der Waals surface area contributed by atoms with Crippen molar-refractivity contribution < 1.29 is 4.74 Å². The van der Waals surface area contributed by atoms with Gasteiger partial charge in [-0.25, -0.2) is 0 Å². The number of rotatable bonds is 10. The van der Waals surface area contributed by atoms with Gasteiger partial charge in [-0.15, -0.1) is 0 Å². The average molecular weight is 376 g/mol. The summed E-state index contributed by atoms with van der Waals surface area (Å²) in [6, 6.07) is 10.3. The molecule has 6 heteroatoms. The lowest BCUT2D eigenvalue weighted by Crippen LogP contribution is -2.46. The van der Waals surface area contributed by atoms with Crippen molar-refractivity contribution in [3.63, 3.8) is 0 Å². The van der Waals surface area contributed by atoms with Gasteiger partial charge in [0, 0.05) is 45.0 Å². The van der Waals surface area contributed by atoms with Gasteiger partial charge in [0.05, 0.1) is 19.3 Å². The van der Waals surface area contributed by atoms with Gasteiger partial charge in [-0.3, -0.25) is 9.89 Å². The zero-order valence-electron chi connectivity index (χ0n) is 17.2. The zero-order valence-corrected chi connectivity index (χ0v) is 17.2. The Hall–Kier alpha value is -1.79. The number of hydrogen-bond acceptors (Lipinski definition) is 4. The van der Waals surface area contributed by atoms with Crippen LogP contribution >= 0.6 is 0 Å². The van der Waals surface area contributed by atoms with E-state index in [1.165, 1.54) is 5.69 Å². The first-order chi connectivity index (χ1) is 13.2. The van der Waals surface area contributed by atoms with E-state index in [9.17, 15) is 0 Å². The molecular weight excluding hydrogens is 338 g/mol. The molecule has 0 amide bonds. The van der Waals surface area contributed by atoms with Gasteiger partial charge in [0.1, 0.15) is 0 Å². The summed E-state index contributed by atoms with van der Waals surface area (Å²) in [5.41, 5.74) is 1.17. The summed E-state index contributed by atoms with van der Waals surface area (Å²) in [6.07, 6.45) is 1.22. The Balaban J connectivity index is 1.68. The summed E-state index contributed by atoms with van der Waals surface area (Å²) in [5.74, 6) is 1.57. The van der Waals surface area contributed by atoms with Crippen LogP contribution in [0.15, 0.2) is 35.3 Å².